The van der Waals surface area contributed by atoms with Crippen molar-refractivity contribution in [2.45, 2.75) is 12.6 Å². The largest absolute Gasteiger partial charge is 0.870 e. The summed E-state index contributed by atoms with van der Waals surface area (Å²) in [5.74, 6) is -0.102. The highest BCUT2D eigenvalue weighted by Gasteiger charge is 2.05. The third-order valence-corrected chi connectivity index (χ3v) is 3.59. The van der Waals surface area contributed by atoms with Crippen molar-refractivity contribution < 1.29 is 15.4 Å². The molecule has 0 heterocycles. The SMILES string of the molecule is NC([O-])c1ccc(CCNC(=O)c2cccc(Br)c2)cc1.[OH-]. The van der Waals surface area contributed by atoms with Crippen LogP contribution in [0.5, 0.6) is 0 Å². The van der Waals surface area contributed by atoms with E-state index >= 15 is 0 Å². The maximum Gasteiger partial charge on any atom is 0.251 e. The van der Waals surface area contributed by atoms with Crippen LogP contribution in [0.4, 0.5) is 0 Å². The molecule has 22 heavy (non-hydrogen) atoms. The zero-order valence-electron chi connectivity index (χ0n) is 11.8. The van der Waals surface area contributed by atoms with E-state index in [0.717, 1.165) is 10.0 Å². The zero-order chi connectivity index (χ0) is 15.2. The van der Waals surface area contributed by atoms with Crippen LogP contribution in [0.1, 0.15) is 27.7 Å². The highest BCUT2D eigenvalue weighted by molar-refractivity contribution is 9.10. The number of hydrogen-bond donors (Lipinski definition) is 2. The van der Waals surface area contributed by atoms with Crippen LogP contribution in [0.15, 0.2) is 53.0 Å². The Labute approximate surface area is 137 Å². The van der Waals surface area contributed by atoms with Gasteiger partial charge in [-0.25, -0.2) is 0 Å². The molecule has 0 fully saturated rings. The van der Waals surface area contributed by atoms with Crippen molar-refractivity contribution in [2.75, 3.05) is 6.54 Å². The van der Waals surface area contributed by atoms with Gasteiger partial charge in [-0.3, -0.25) is 4.79 Å². The summed E-state index contributed by atoms with van der Waals surface area (Å²) in [4.78, 5) is 11.9. The standard InChI is InChI=1S/C16H16BrN2O2.H2O/c17-14-3-1-2-13(10-14)16(21)19-9-8-11-4-6-12(7-5-11)15(18)20;/h1-7,10,15H,8-9,18H2,(H,19,21);1H2/q-1;/p-1. The molecule has 2 rings (SSSR count). The van der Waals surface area contributed by atoms with E-state index in [0.29, 0.717) is 24.1 Å². The molecule has 0 saturated heterocycles. The van der Waals surface area contributed by atoms with E-state index < -0.39 is 6.23 Å². The predicted molar refractivity (Wildman–Crippen MR) is 85.5 cm³/mol. The Morgan fingerprint density at radius 3 is 2.50 bits per heavy atom. The van der Waals surface area contributed by atoms with E-state index in [1.165, 1.54) is 0 Å². The monoisotopic (exact) mass is 364 g/mol. The van der Waals surface area contributed by atoms with Gasteiger partial charge in [-0.15, -0.1) is 0 Å². The quantitative estimate of drug-likeness (QED) is 0.784. The fraction of sp³-hybridized carbons (Fsp3) is 0.188. The molecule has 0 aliphatic heterocycles. The van der Waals surface area contributed by atoms with Crippen LogP contribution < -0.4 is 16.2 Å². The molecule has 2 aromatic carbocycles. The van der Waals surface area contributed by atoms with Gasteiger partial charge in [0, 0.05) is 16.6 Å². The number of nitrogens with two attached hydrogens (primary N) is 1. The lowest BCUT2D eigenvalue weighted by molar-refractivity contribution is -0.424. The van der Waals surface area contributed by atoms with Gasteiger partial charge in [0.1, 0.15) is 0 Å². The molecule has 0 aromatic heterocycles. The fourth-order valence-corrected chi connectivity index (χ4v) is 2.33. The second-order valence-electron chi connectivity index (χ2n) is 4.68. The lowest BCUT2D eigenvalue weighted by Gasteiger charge is -2.16. The van der Waals surface area contributed by atoms with Gasteiger partial charge in [0.25, 0.3) is 5.91 Å². The summed E-state index contributed by atoms with van der Waals surface area (Å²) >= 11 is 3.34. The Morgan fingerprint density at radius 1 is 1.23 bits per heavy atom. The maximum absolute atomic E-state index is 11.9. The van der Waals surface area contributed by atoms with Gasteiger partial charge in [-0.2, -0.15) is 0 Å². The van der Waals surface area contributed by atoms with E-state index in [1.54, 1.807) is 24.3 Å². The van der Waals surface area contributed by atoms with Crippen molar-refractivity contribution in [2.24, 2.45) is 5.73 Å². The van der Waals surface area contributed by atoms with E-state index in [9.17, 15) is 9.90 Å². The van der Waals surface area contributed by atoms with Gasteiger partial charge < -0.3 is 21.6 Å². The van der Waals surface area contributed by atoms with Crippen LogP contribution in [-0.4, -0.2) is 17.9 Å². The number of benzene rings is 2. The Balaban J connectivity index is 0.00000242. The number of rotatable bonds is 5. The lowest BCUT2D eigenvalue weighted by Crippen LogP contribution is -2.26. The summed E-state index contributed by atoms with van der Waals surface area (Å²) in [5, 5.41) is 13.9. The minimum absolute atomic E-state index is 0. The van der Waals surface area contributed by atoms with Gasteiger partial charge in [0.05, 0.1) is 0 Å². The Morgan fingerprint density at radius 2 is 1.91 bits per heavy atom. The molecular weight excluding hydrogens is 348 g/mol. The molecule has 0 aliphatic carbocycles. The van der Waals surface area contributed by atoms with Crippen LogP contribution in [0.2, 0.25) is 0 Å². The molecule has 0 radical (unpaired) electrons. The van der Waals surface area contributed by atoms with Crippen LogP contribution in [0.3, 0.4) is 0 Å². The first kappa shape index (κ1) is 18.3. The van der Waals surface area contributed by atoms with Crippen LogP contribution in [0, 0.1) is 0 Å². The Kier molecular flexibility index (Phi) is 7.20. The molecular formula is C16H17BrN2O3-2. The van der Waals surface area contributed by atoms with E-state index in [1.807, 2.05) is 24.3 Å². The molecule has 5 nitrogen and oxygen atoms in total. The Bertz CT molecular complexity index is 615. The smallest absolute Gasteiger partial charge is 0.251 e. The number of halogens is 1. The van der Waals surface area contributed by atoms with E-state index in [4.69, 9.17) is 5.73 Å². The average molecular weight is 365 g/mol. The van der Waals surface area contributed by atoms with Gasteiger partial charge >= 0.3 is 0 Å². The van der Waals surface area contributed by atoms with Crippen molar-refractivity contribution >= 4 is 21.8 Å². The maximum atomic E-state index is 11.9. The summed E-state index contributed by atoms with van der Waals surface area (Å²) in [6.07, 6.45) is -0.496. The summed E-state index contributed by atoms with van der Waals surface area (Å²) < 4.78 is 0.875. The summed E-state index contributed by atoms with van der Waals surface area (Å²) in [6.45, 7) is 0.536. The summed E-state index contributed by atoms with van der Waals surface area (Å²) in [7, 11) is 0. The number of carbonyl (C=O) groups excluding carboxylic acids is 1. The van der Waals surface area contributed by atoms with Gasteiger partial charge in [-0.05, 0) is 35.7 Å². The van der Waals surface area contributed by atoms with Gasteiger partial charge in [0.2, 0.25) is 0 Å². The predicted octanol–water partition coefficient (Wildman–Crippen LogP) is 1.56. The number of nitrogens with one attached hydrogen (secondary N) is 1. The molecule has 6 heteroatoms. The highest BCUT2D eigenvalue weighted by atomic mass is 79.9. The number of amides is 1. The lowest BCUT2D eigenvalue weighted by atomic mass is 10.1. The van der Waals surface area contributed by atoms with Gasteiger partial charge in [0.15, 0.2) is 0 Å². The highest BCUT2D eigenvalue weighted by Crippen LogP contribution is 2.11. The topological polar surface area (TPSA) is 108 Å². The van der Waals surface area contributed by atoms with Crippen LogP contribution >= 0.6 is 15.9 Å². The third-order valence-electron chi connectivity index (χ3n) is 3.09. The Hall–Kier alpha value is -1.73. The second-order valence-corrected chi connectivity index (χ2v) is 5.59. The van der Waals surface area contributed by atoms with Crippen molar-refractivity contribution in [3.8, 4) is 0 Å². The van der Waals surface area contributed by atoms with E-state index in [2.05, 4.69) is 21.2 Å². The molecule has 0 bridgehead atoms. The first-order chi connectivity index (χ1) is 10.1. The minimum Gasteiger partial charge on any atom is -0.870 e. The first-order valence-corrected chi connectivity index (χ1v) is 7.39. The van der Waals surface area contributed by atoms with Crippen LogP contribution in [-0.2, 0) is 6.42 Å². The molecule has 0 saturated carbocycles. The molecule has 0 spiro atoms. The number of hydrogen-bond acceptors (Lipinski definition) is 4. The van der Waals surface area contributed by atoms with E-state index in [-0.39, 0.29) is 11.4 Å². The zero-order valence-corrected chi connectivity index (χ0v) is 13.4. The summed E-state index contributed by atoms with van der Waals surface area (Å²) in [6, 6.07) is 14.4. The molecule has 2 aromatic rings. The fourth-order valence-electron chi connectivity index (χ4n) is 1.93. The summed E-state index contributed by atoms with van der Waals surface area (Å²) in [5.41, 5.74) is 7.50. The molecule has 4 N–H and O–H groups in total. The second kappa shape index (κ2) is 8.65. The van der Waals surface area contributed by atoms with Crippen molar-refractivity contribution in [1.82, 2.24) is 5.32 Å². The molecule has 0 aliphatic rings. The minimum atomic E-state index is -1.20. The normalized spacial score (nSPS) is 11.4. The average Bonchev–Trinajstić information content (AvgIpc) is 2.47. The molecule has 1 amide bonds. The number of carbonyl (C=O) groups is 1. The molecule has 1 atom stereocenters. The van der Waals surface area contributed by atoms with Crippen molar-refractivity contribution in [3.63, 3.8) is 0 Å². The third kappa shape index (κ3) is 5.23. The molecule has 118 valence electrons. The van der Waals surface area contributed by atoms with Crippen molar-refractivity contribution in [3.05, 3.63) is 69.7 Å². The molecule has 1 unspecified atom stereocenters. The van der Waals surface area contributed by atoms with Crippen molar-refractivity contribution in [1.29, 1.82) is 0 Å². The first-order valence-electron chi connectivity index (χ1n) is 6.60. The van der Waals surface area contributed by atoms with Crippen LogP contribution in [0.25, 0.3) is 0 Å². The van der Waals surface area contributed by atoms with Gasteiger partial charge in [-0.1, -0.05) is 52.5 Å².